The minimum Gasteiger partial charge on any atom is -0.347 e. The lowest BCUT2D eigenvalue weighted by molar-refractivity contribution is 0.0930. The zero-order valence-electron chi connectivity index (χ0n) is 13.4. The van der Waals surface area contributed by atoms with E-state index in [1.165, 1.54) is 4.40 Å². The first-order valence-corrected chi connectivity index (χ1v) is 9.61. The molecule has 0 saturated carbocycles. The second-order valence-electron chi connectivity index (χ2n) is 5.81. The van der Waals surface area contributed by atoms with Crippen LogP contribution in [0.25, 0.3) is 5.52 Å². The molecule has 8 nitrogen and oxygen atoms in total. The summed E-state index contributed by atoms with van der Waals surface area (Å²) in [6, 6.07) is 4.71. The molecule has 3 rings (SSSR count). The largest absolute Gasteiger partial charge is 0.347 e. The number of amides is 2. The molecule has 0 radical (unpaired) electrons. The summed E-state index contributed by atoms with van der Waals surface area (Å²) < 4.78 is 24.6. The number of imidazole rings is 1. The molecule has 0 aromatic carbocycles. The van der Waals surface area contributed by atoms with Gasteiger partial charge in [0.1, 0.15) is 0 Å². The summed E-state index contributed by atoms with van der Waals surface area (Å²) in [6.45, 7) is 3.82. The third-order valence-corrected chi connectivity index (χ3v) is 5.71. The fourth-order valence-corrected chi connectivity index (χ4v) is 4.45. The molecule has 1 fully saturated rings. The molecule has 0 bridgehead atoms. The van der Waals surface area contributed by atoms with Crippen molar-refractivity contribution >= 4 is 27.2 Å². The summed E-state index contributed by atoms with van der Waals surface area (Å²) in [6.07, 6.45) is 3.56. The summed E-state index contributed by atoms with van der Waals surface area (Å²) in [5, 5.41) is 5.32. The van der Waals surface area contributed by atoms with Crippen molar-refractivity contribution in [1.29, 1.82) is 0 Å². The van der Waals surface area contributed by atoms with E-state index in [2.05, 4.69) is 22.2 Å². The number of rotatable bonds is 5. The van der Waals surface area contributed by atoms with Crippen LogP contribution >= 0.6 is 0 Å². The van der Waals surface area contributed by atoms with Crippen molar-refractivity contribution in [3.05, 3.63) is 48.6 Å². The lowest BCUT2D eigenvalue weighted by Gasteiger charge is -2.09. The van der Waals surface area contributed by atoms with E-state index in [0.717, 1.165) is 0 Å². The van der Waals surface area contributed by atoms with Gasteiger partial charge in [-0.1, -0.05) is 12.1 Å². The predicted molar refractivity (Wildman–Crippen MR) is 92.2 cm³/mol. The molecule has 1 unspecified atom stereocenters. The van der Waals surface area contributed by atoms with Gasteiger partial charge >= 0.3 is 0 Å². The number of nitrogens with one attached hydrogen (secondary N) is 2. The lowest BCUT2D eigenvalue weighted by atomic mass is 10.2. The molecule has 25 heavy (non-hydrogen) atoms. The number of aromatic nitrogens is 2. The van der Waals surface area contributed by atoms with Crippen molar-refractivity contribution in [3.63, 3.8) is 0 Å². The first-order valence-electron chi connectivity index (χ1n) is 7.79. The predicted octanol–water partition coefficient (Wildman–Crippen LogP) is 0.167. The molecule has 0 aliphatic carbocycles. The molecule has 2 aromatic rings. The maximum Gasteiger partial charge on any atom is 0.287 e. The molecular weight excluding hydrogens is 344 g/mol. The van der Waals surface area contributed by atoms with Gasteiger partial charge in [-0.15, -0.1) is 6.58 Å². The normalized spacial score (nSPS) is 18.8. The molecule has 2 aromatic heterocycles. The second kappa shape index (κ2) is 6.67. The zero-order valence-corrected chi connectivity index (χ0v) is 14.3. The van der Waals surface area contributed by atoms with Crippen LogP contribution in [-0.4, -0.2) is 53.7 Å². The molecule has 1 aliphatic rings. The van der Waals surface area contributed by atoms with E-state index >= 15 is 0 Å². The van der Waals surface area contributed by atoms with Crippen LogP contribution < -0.4 is 10.6 Å². The van der Waals surface area contributed by atoms with Crippen molar-refractivity contribution in [2.45, 2.75) is 12.5 Å². The summed E-state index contributed by atoms with van der Waals surface area (Å²) in [7, 11) is -3.10. The molecule has 9 heteroatoms. The number of fused-ring (bicyclic) bond motifs is 1. The molecule has 2 amide bonds. The maximum atomic E-state index is 12.5. The van der Waals surface area contributed by atoms with Gasteiger partial charge in [0.2, 0.25) is 5.82 Å². The van der Waals surface area contributed by atoms with E-state index < -0.39 is 27.7 Å². The standard InChI is InChI=1S/C16H18N4O4S/c1-2-7-17-15(21)13-12-5-3-4-8-20(12)14(19-13)16(22)18-11-6-9-25(23,24)10-11/h2-5,8,11H,1,6-7,9-10H2,(H,17,21)(H,18,22). The Bertz CT molecular complexity index is 948. The van der Waals surface area contributed by atoms with Crippen molar-refractivity contribution in [2.75, 3.05) is 18.1 Å². The van der Waals surface area contributed by atoms with Crippen LogP contribution in [0.5, 0.6) is 0 Å². The second-order valence-corrected chi connectivity index (χ2v) is 8.04. The first-order chi connectivity index (χ1) is 11.9. The Hall–Kier alpha value is -2.68. The Labute approximate surface area is 144 Å². The summed E-state index contributed by atoms with van der Waals surface area (Å²) >= 11 is 0. The van der Waals surface area contributed by atoms with E-state index in [4.69, 9.17) is 0 Å². The number of nitrogens with zero attached hydrogens (tertiary/aromatic N) is 2. The highest BCUT2D eigenvalue weighted by atomic mass is 32.2. The first kappa shape index (κ1) is 17.2. The SMILES string of the molecule is C=CCNC(=O)c1nc(C(=O)NC2CCS(=O)(=O)C2)n2ccccc12. The zero-order chi connectivity index (χ0) is 18.0. The number of pyridine rings is 1. The molecule has 1 saturated heterocycles. The Morgan fingerprint density at radius 3 is 2.84 bits per heavy atom. The lowest BCUT2D eigenvalue weighted by Crippen LogP contribution is -2.36. The van der Waals surface area contributed by atoms with E-state index in [9.17, 15) is 18.0 Å². The fraction of sp³-hybridized carbons (Fsp3) is 0.312. The van der Waals surface area contributed by atoms with Gasteiger partial charge in [-0.25, -0.2) is 13.4 Å². The average molecular weight is 362 g/mol. The molecular formula is C16H18N4O4S. The maximum absolute atomic E-state index is 12.5. The van der Waals surface area contributed by atoms with Crippen molar-refractivity contribution in [1.82, 2.24) is 20.0 Å². The number of hydrogen-bond acceptors (Lipinski definition) is 5. The van der Waals surface area contributed by atoms with Crippen molar-refractivity contribution in [3.8, 4) is 0 Å². The minimum atomic E-state index is -3.10. The van der Waals surface area contributed by atoms with Crippen LogP contribution in [0.3, 0.4) is 0 Å². The third-order valence-electron chi connectivity index (χ3n) is 3.94. The number of carbonyl (C=O) groups is 2. The number of hydrogen-bond donors (Lipinski definition) is 2. The van der Waals surface area contributed by atoms with Gasteiger partial charge in [0.05, 0.1) is 17.0 Å². The molecule has 2 N–H and O–H groups in total. The smallest absolute Gasteiger partial charge is 0.287 e. The average Bonchev–Trinajstić information content (AvgIpc) is 3.13. The van der Waals surface area contributed by atoms with E-state index in [0.29, 0.717) is 11.9 Å². The van der Waals surface area contributed by atoms with Gasteiger partial charge in [-0.05, 0) is 18.6 Å². The fourth-order valence-electron chi connectivity index (χ4n) is 2.77. The van der Waals surface area contributed by atoms with Gasteiger partial charge in [-0.3, -0.25) is 14.0 Å². The van der Waals surface area contributed by atoms with Crippen molar-refractivity contribution < 1.29 is 18.0 Å². The topological polar surface area (TPSA) is 110 Å². The van der Waals surface area contributed by atoms with Crippen molar-refractivity contribution in [2.24, 2.45) is 0 Å². The van der Waals surface area contributed by atoms with Gasteiger partial charge in [0.25, 0.3) is 11.8 Å². The Kier molecular flexibility index (Phi) is 4.58. The molecule has 1 atom stereocenters. The molecule has 1 aliphatic heterocycles. The van der Waals surface area contributed by atoms with Gasteiger partial charge in [-0.2, -0.15) is 0 Å². The van der Waals surface area contributed by atoms with Crippen LogP contribution in [0.1, 0.15) is 27.5 Å². The van der Waals surface area contributed by atoms with Crippen LogP contribution in [0.15, 0.2) is 37.1 Å². The molecule has 3 heterocycles. The van der Waals surface area contributed by atoms with E-state index in [1.807, 2.05) is 0 Å². The third kappa shape index (κ3) is 3.55. The Balaban J connectivity index is 1.89. The summed E-state index contributed by atoms with van der Waals surface area (Å²) in [5.41, 5.74) is 0.625. The van der Waals surface area contributed by atoms with Crippen LogP contribution in [-0.2, 0) is 9.84 Å². The highest BCUT2D eigenvalue weighted by molar-refractivity contribution is 7.91. The van der Waals surface area contributed by atoms with Gasteiger partial charge in [0.15, 0.2) is 15.5 Å². The van der Waals surface area contributed by atoms with E-state index in [1.54, 1.807) is 30.5 Å². The van der Waals surface area contributed by atoms with Crippen LogP contribution in [0, 0.1) is 0 Å². The van der Waals surface area contributed by atoms with Gasteiger partial charge < -0.3 is 10.6 Å². The number of sulfone groups is 1. The van der Waals surface area contributed by atoms with Crippen LogP contribution in [0.4, 0.5) is 0 Å². The monoisotopic (exact) mass is 362 g/mol. The van der Waals surface area contributed by atoms with E-state index in [-0.39, 0.29) is 29.6 Å². The molecule has 0 spiro atoms. The Morgan fingerprint density at radius 2 is 2.16 bits per heavy atom. The quantitative estimate of drug-likeness (QED) is 0.737. The summed E-state index contributed by atoms with van der Waals surface area (Å²) in [4.78, 5) is 29.0. The Morgan fingerprint density at radius 1 is 1.36 bits per heavy atom. The molecule has 132 valence electrons. The number of carbonyl (C=O) groups excluding carboxylic acids is 2. The highest BCUT2D eigenvalue weighted by Gasteiger charge is 2.30. The van der Waals surface area contributed by atoms with Crippen LogP contribution in [0.2, 0.25) is 0 Å². The minimum absolute atomic E-state index is 0.0450. The highest BCUT2D eigenvalue weighted by Crippen LogP contribution is 2.15. The van der Waals surface area contributed by atoms with Gasteiger partial charge in [0, 0.05) is 18.8 Å². The summed E-state index contributed by atoms with van der Waals surface area (Å²) in [5.74, 6) is -0.884.